The molecule has 142 valence electrons. The van der Waals surface area contributed by atoms with E-state index < -0.39 is 17.2 Å². The minimum atomic E-state index is -0.499. The zero-order valence-corrected chi connectivity index (χ0v) is 16.2. The molecule has 28 heavy (non-hydrogen) atoms. The Morgan fingerprint density at radius 1 is 1.11 bits per heavy atom. The van der Waals surface area contributed by atoms with E-state index in [1.165, 1.54) is 15.9 Å². The maximum absolute atomic E-state index is 12.7. The zero-order valence-electron chi connectivity index (χ0n) is 15.4. The molecule has 2 heterocycles. The minimum absolute atomic E-state index is 0.364. The van der Waals surface area contributed by atoms with Gasteiger partial charge in [-0.05, 0) is 37.6 Å². The van der Waals surface area contributed by atoms with Crippen molar-refractivity contribution in [3.8, 4) is 0 Å². The van der Waals surface area contributed by atoms with E-state index >= 15 is 0 Å². The summed E-state index contributed by atoms with van der Waals surface area (Å²) in [5.74, 6) is -0.464. The Labute approximate surface area is 163 Å². The van der Waals surface area contributed by atoms with Crippen LogP contribution in [0, 0.1) is 6.92 Å². The maximum Gasteiger partial charge on any atom is 0.331 e. The Morgan fingerprint density at radius 2 is 1.89 bits per heavy atom. The number of thiazole rings is 1. The van der Waals surface area contributed by atoms with Crippen molar-refractivity contribution in [3.63, 3.8) is 0 Å². The van der Waals surface area contributed by atoms with E-state index in [4.69, 9.17) is 0 Å². The first-order chi connectivity index (χ1) is 13.5. The van der Waals surface area contributed by atoms with Gasteiger partial charge in [-0.2, -0.15) is 0 Å². The lowest BCUT2D eigenvalue weighted by Crippen LogP contribution is -2.42. The zero-order chi connectivity index (χ0) is 19.8. The van der Waals surface area contributed by atoms with Gasteiger partial charge in [0.1, 0.15) is 6.54 Å². The molecule has 0 fully saturated rings. The second kappa shape index (κ2) is 7.05. The lowest BCUT2D eigenvalue weighted by atomic mass is 10.2. The molecule has 8 heteroatoms. The molecule has 4 rings (SSSR count). The lowest BCUT2D eigenvalue weighted by molar-refractivity contribution is -0.116. The molecule has 2 aromatic heterocycles. The monoisotopic (exact) mass is 394 g/mol. The van der Waals surface area contributed by atoms with E-state index in [2.05, 4.69) is 10.3 Å². The summed E-state index contributed by atoms with van der Waals surface area (Å²) in [6.45, 7) is 3.82. The van der Waals surface area contributed by atoms with Gasteiger partial charge in [-0.25, -0.2) is 9.78 Å². The van der Waals surface area contributed by atoms with Crippen LogP contribution >= 0.6 is 11.3 Å². The van der Waals surface area contributed by atoms with E-state index in [0.29, 0.717) is 22.6 Å². The van der Waals surface area contributed by atoms with Gasteiger partial charge >= 0.3 is 5.69 Å². The molecule has 0 bridgehead atoms. The summed E-state index contributed by atoms with van der Waals surface area (Å²) < 4.78 is 3.43. The fourth-order valence-electron chi connectivity index (χ4n) is 3.26. The summed E-state index contributed by atoms with van der Waals surface area (Å²) in [6, 6.07) is 12.7. The van der Waals surface area contributed by atoms with Crippen molar-refractivity contribution in [3.05, 3.63) is 68.9 Å². The summed E-state index contributed by atoms with van der Waals surface area (Å²) in [5.41, 5.74) is 1.45. The van der Waals surface area contributed by atoms with Crippen molar-refractivity contribution in [2.75, 3.05) is 5.32 Å². The number of fused-ring (bicyclic) bond motifs is 2. The van der Waals surface area contributed by atoms with Gasteiger partial charge in [-0.3, -0.25) is 18.7 Å². The van der Waals surface area contributed by atoms with Crippen molar-refractivity contribution >= 4 is 43.5 Å². The fourth-order valence-corrected chi connectivity index (χ4v) is 4.22. The highest BCUT2D eigenvalue weighted by molar-refractivity contribution is 7.22. The number of carbonyl (C=O) groups excluding carboxylic acids is 1. The first-order valence-electron chi connectivity index (χ1n) is 8.88. The molecule has 0 spiro atoms. The van der Waals surface area contributed by atoms with Gasteiger partial charge in [0.15, 0.2) is 5.13 Å². The highest BCUT2D eigenvalue weighted by atomic mass is 32.1. The third-order valence-electron chi connectivity index (χ3n) is 4.62. The molecule has 0 radical (unpaired) electrons. The average molecular weight is 394 g/mol. The summed E-state index contributed by atoms with van der Waals surface area (Å²) in [7, 11) is 0. The number of hydrogen-bond acceptors (Lipinski definition) is 5. The van der Waals surface area contributed by atoms with Crippen molar-refractivity contribution in [2.45, 2.75) is 26.9 Å². The molecule has 0 saturated heterocycles. The Morgan fingerprint density at radius 3 is 2.64 bits per heavy atom. The first-order valence-corrected chi connectivity index (χ1v) is 9.69. The highest BCUT2D eigenvalue weighted by Crippen LogP contribution is 2.27. The van der Waals surface area contributed by atoms with E-state index in [9.17, 15) is 14.4 Å². The largest absolute Gasteiger partial charge is 0.331 e. The molecule has 1 amide bonds. The Bertz CT molecular complexity index is 1330. The molecule has 0 unspecified atom stereocenters. The number of hydrogen-bond donors (Lipinski definition) is 1. The predicted molar refractivity (Wildman–Crippen MR) is 111 cm³/mol. The third-order valence-corrected chi connectivity index (χ3v) is 5.55. The van der Waals surface area contributed by atoms with Crippen LogP contribution in [0.5, 0.6) is 0 Å². The van der Waals surface area contributed by atoms with Gasteiger partial charge in [-0.15, -0.1) is 0 Å². The van der Waals surface area contributed by atoms with Crippen LogP contribution in [0.4, 0.5) is 5.13 Å². The van der Waals surface area contributed by atoms with Crippen molar-refractivity contribution in [2.24, 2.45) is 0 Å². The van der Waals surface area contributed by atoms with Crippen LogP contribution < -0.4 is 16.6 Å². The van der Waals surface area contributed by atoms with Crippen LogP contribution in [0.3, 0.4) is 0 Å². The predicted octanol–water partition coefficient (Wildman–Crippen LogP) is 2.74. The number of benzene rings is 2. The molecule has 0 atom stereocenters. The SMILES string of the molecule is CCn1c(=O)n(CC(=O)Nc2nc3c(C)cccc3s2)c(=O)c2ccccc21. The molecule has 0 aliphatic heterocycles. The molecule has 0 saturated carbocycles. The summed E-state index contributed by atoms with van der Waals surface area (Å²) >= 11 is 1.36. The Hall–Kier alpha value is -3.26. The maximum atomic E-state index is 12.7. The normalized spacial score (nSPS) is 11.2. The number of rotatable bonds is 4. The van der Waals surface area contributed by atoms with Gasteiger partial charge in [0.2, 0.25) is 5.91 Å². The number of aryl methyl sites for hydroxylation is 2. The molecular formula is C20H18N4O3S. The molecular weight excluding hydrogens is 376 g/mol. The molecule has 0 aliphatic carbocycles. The number of nitrogens with one attached hydrogen (secondary N) is 1. The van der Waals surface area contributed by atoms with E-state index in [0.717, 1.165) is 20.3 Å². The molecule has 7 nitrogen and oxygen atoms in total. The third kappa shape index (κ3) is 3.01. The molecule has 0 aliphatic rings. The van der Waals surface area contributed by atoms with Gasteiger partial charge in [0.05, 0.1) is 21.1 Å². The molecule has 1 N–H and O–H groups in total. The van der Waals surface area contributed by atoms with E-state index in [1.54, 1.807) is 24.3 Å². The number of para-hydroxylation sites is 2. The van der Waals surface area contributed by atoms with Crippen LogP contribution in [0.25, 0.3) is 21.1 Å². The van der Waals surface area contributed by atoms with Crippen LogP contribution in [0.1, 0.15) is 12.5 Å². The number of carbonyl (C=O) groups is 1. The minimum Gasteiger partial charge on any atom is -0.300 e. The smallest absolute Gasteiger partial charge is 0.300 e. The van der Waals surface area contributed by atoms with Crippen molar-refractivity contribution in [1.29, 1.82) is 0 Å². The van der Waals surface area contributed by atoms with E-state index in [-0.39, 0.29) is 6.54 Å². The lowest BCUT2D eigenvalue weighted by Gasteiger charge is -2.12. The molecule has 2 aromatic carbocycles. The standard InChI is InChI=1S/C20H18N4O3S/c1-3-23-14-9-5-4-8-13(14)18(26)24(20(23)27)11-16(25)21-19-22-17-12(2)7-6-10-15(17)28-19/h4-10H,3,11H2,1-2H3,(H,21,22,25). The summed E-state index contributed by atoms with van der Waals surface area (Å²) in [5, 5.41) is 3.56. The first kappa shape index (κ1) is 18.1. The number of amides is 1. The van der Waals surface area contributed by atoms with Crippen LogP contribution in [-0.2, 0) is 17.9 Å². The van der Waals surface area contributed by atoms with Crippen molar-refractivity contribution < 1.29 is 4.79 Å². The Balaban J connectivity index is 1.69. The van der Waals surface area contributed by atoms with Gasteiger partial charge in [0.25, 0.3) is 5.56 Å². The van der Waals surface area contributed by atoms with Gasteiger partial charge < -0.3 is 5.32 Å². The quantitative estimate of drug-likeness (QED) is 0.577. The molecule has 4 aromatic rings. The number of nitrogens with zero attached hydrogens (tertiary/aromatic N) is 3. The fraction of sp³-hybridized carbons (Fsp3) is 0.200. The number of aromatic nitrogens is 3. The topological polar surface area (TPSA) is 86.0 Å². The second-order valence-corrected chi connectivity index (χ2v) is 7.45. The van der Waals surface area contributed by atoms with Crippen LogP contribution in [0.2, 0.25) is 0 Å². The summed E-state index contributed by atoms with van der Waals surface area (Å²) in [4.78, 5) is 42.5. The van der Waals surface area contributed by atoms with Crippen LogP contribution in [-0.4, -0.2) is 20.0 Å². The number of anilines is 1. The summed E-state index contributed by atoms with van der Waals surface area (Å²) in [6.07, 6.45) is 0. The highest BCUT2D eigenvalue weighted by Gasteiger charge is 2.16. The van der Waals surface area contributed by atoms with E-state index in [1.807, 2.05) is 32.0 Å². The van der Waals surface area contributed by atoms with Crippen LogP contribution in [0.15, 0.2) is 52.1 Å². The van der Waals surface area contributed by atoms with Gasteiger partial charge in [-0.1, -0.05) is 35.6 Å². The average Bonchev–Trinajstić information content (AvgIpc) is 3.09. The Kier molecular flexibility index (Phi) is 4.56. The van der Waals surface area contributed by atoms with Gasteiger partial charge in [0, 0.05) is 6.54 Å². The van der Waals surface area contributed by atoms with Crippen molar-refractivity contribution in [1.82, 2.24) is 14.1 Å². The second-order valence-electron chi connectivity index (χ2n) is 6.42.